The zero-order valence-corrected chi connectivity index (χ0v) is 13.5. The first-order valence-corrected chi connectivity index (χ1v) is 8.09. The number of ether oxygens (including phenoxy) is 2. The summed E-state index contributed by atoms with van der Waals surface area (Å²) in [5, 5.41) is 5.49. The molecular weight excluding hydrogens is 296 g/mol. The van der Waals surface area contributed by atoms with E-state index in [1.165, 1.54) is 0 Å². The van der Waals surface area contributed by atoms with Gasteiger partial charge in [-0.05, 0) is 43.5 Å². The van der Waals surface area contributed by atoms with Crippen LogP contribution in [0.2, 0.25) is 0 Å². The van der Waals surface area contributed by atoms with Gasteiger partial charge in [-0.2, -0.15) is 0 Å². The minimum Gasteiger partial charge on any atom is -0.494 e. The Balaban J connectivity index is 1.57. The van der Waals surface area contributed by atoms with Crippen LogP contribution in [-0.2, 0) is 9.59 Å². The highest BCUT2D eigenvalue weighted by Gasteiger charge is 2.28. The minimum absolute atomic E-state index is 0.0499. The van der Waals surface area contributed by atoms with Crippen molar-refractivity contribution < 1.29 is 19.1 Å². The molecule has 0 unspecified atom stereocenters. The first-order chi connectivity index (χ1) is 11.2. The summed E-state index contributed by atoms with van der Waals surface area (Å²) in [6.07, 6.45) is 2.92. The molecule has 2 amide bonds. The lowest BCUT2D eigenvalue weighted by molar-refractivity contribution is -0.124. The molecule has 0 spiro atoms. The van der Waals surface area contributed by atoms with Crippen molar-refractivity contribution in [2.75, 3.05) is 26.3 Å². The molecule has 0 atom stereocenters. The lowest BCUT2D eigenvalue weighted by Gasteiger charge is -2.09. The van der Waals surface area contributed by atoms with Crippen molar-refractivity contribution >= 4 is 11.8 Å². The molecule has 0 bridgehead atoms. The van der Waals surface area contributed by atoms with Crippen molar-refractivity contribution in [2.24, 2.45) is 5.92 Å². The topological polar surface area (TPSA) is 76.7 Å². The van der Waals surface area contributed by atoms with Crippen molar-refractivity contribution in [2.45, 2.75) is 26.2 Å². The average molecular weight is 320 g/mol. The summed E-state index contributed by atoms with van der Waals surface area (Å²) in [5.41, 5.74) is 0. The Kier molecular flexibility index (Phi) is 6.72. The van der Waals surface area contributed by atoms with Gasteiger partial charge < -0.3 is 20.1 Å². The Labute approximate surface area is 136 Å². The van der Waals surface area contributed by atoms with Gasteiger partial charge in [-0.25, -0.2) is 0 Å². The molecule has 0 saturated heterocycles. The number of amides is 2. The van der Waals surface area contributed by atoms with Gasteiger partial charge >= 0.3 is 0 Å². The first kappa shape index (κ1) is 17.1. The molecule has 23 heavy (non-hydrogen) atoms. The van der Waals surface area contributed by atoms with Crippen LogP contribution in [-0.4, -0.2) is 38.1 Å². The standard InChI is InChI=1S/C17H24N2O4/c1-2-11-22-14-5-7-15(8-6-14)23-12-16(20)18-9-10-19-17(21)13-3-4-13/h5-8,13H,2-4,9-12H2,1H3,(H,18,20)(H,19,21). The maximum Gasteiger partial charge on any atom is 0.258 e. The fraction of sp³-hybridized carbons (Fsp3) is 0.529. The Morgan fingerprint density at radius 3 is 2.26 bits per heavy atom. The maximum atomic E-state index is 11.6. The number of nitrogens with one attached hydrogen (secondary N) is 2. The van der Waals surface area contributed by atoms with Crippen LogP contribution in [0.5, 0.6) is 11.5 Å². The van der Waals surface area contributed by atoms with E-state index in [0.29, 0.717) is 25.4 Å². The van der Waals surface area contributed by atoms with E-state index in [1.807, 2.05) is 19.1 Å². The zero-order chi connectivity index (χ0) is 16.5. The second-order valence-electron chi connectivity index (χ2n) is 5.52. The molecule has 1 aromatic rings. The van der Waals surface area contributed by atoms with Gasteiger partial charge in [-0.15, -0.1) is 0 Å². The molecule has 2 N–H and O–H groups in total. The lowest BCUT2D eigenvalue weighted by Crippen LogP contribution is -2.37. The van der Waals surface area contributed by atoms with Gasteiger partial charge in [0.15, 0.2) is 6.61 Å². The van der Waals surface area contributed by atoms with E-state index >= 15 is 0 Å². The molecule has 1 aromatic carbocycles. The number of carbonyl (C=O) groups excluding carboxylic acids is 2. The third kappa shape index (κ3) is 6.59. The van der Waals surface area contributed by atoms with Crippen LogP contribution in [0.1, 0.15) is 26.2 Å². The molecule has 1 saturated carbocycles. The van der Waals surface area contributed by atoms with Gasteiger partial charge in [0.2, 0.25) is 5.91 Å². The quantitative estimate of drug-likeness (QED) is 0.641. The Bertz CT molecular complexity index is 512. The summed E-state index contributed by atoms with van der Waals surface area (Å²) in [6.45, 7) is 3.54. The van der Waals surface area contributed by atoms with E-state index in [-0.39, 0.29) is 24.3 Å². The second-order valence-corrected chi connectivity index (χ2v) is 5.52. The third-order valence-electron chi connectivity index (χ3n) is 3.36. The minimum atomic E-state index is -0.211. The largest absolute Gasteiger partial charge is 0.494 e. The van der Waals surface area contributed by atoms with Crippen molar-refractivity contribution in [3.05, 3.63) is 24.3 Å². The molecule has 6 heteroatoms. The molecular formula is C17H24N2O4. The zero-order valence-electron chi connectivity index (χ0n) is 13.5. The normalized spacial score (nSPS) is 13.3. The van der Waals surface area contributed by atoms with Gasteiger partial charge in [0.1, 0.15) is 11.5 Å². The van der Waals surface area contributed by atoms with Crippen LogP contribution in [0.15, 0.2) is 24.3 Å². The van der Waals surface area contributed by atoms with Crippen LogP contribution < -0.4 is 20.1 Å². The van der Waals surface area contributed by atoms with Crippen molar-refractivity contribution in [1.82, 2.24) is 10.6 Å². The van der Waals surface area contributed by atoms with E-state index in [4.69, 9.17) is 9.47 Å². The number of carbonyl (C=O) groups is 2. The summed E-state index contributed by atoms with van der Waals surface area (Å²) in [4.78, 5) is 23.0. The number of benzene rings is 1. The van der Waals surface area contributed by atoms with Crippen LogP contribution in [0.3, 0.4) is 0 Å². The number of rotatable bonds is 10. The average Bonchev–Trinajstić information content (AvgIpc) is 3.40. The Hall–Kier alpha value is -2.24. The fourth-order valence-electron chi connectivity index (χ4n) is 1.93. The van der Waals surface area contributed by atoms with E-state index in [0.717, 1.165) is 25.0 Å². The lowest BCUT2D eigenvalue weighted by atomic mass is 10.3. The van der Waals surface area contributed by atoms with Gasteiger partial charge in [0.25, 0.3) is 5.91 Å². The molecule has 126 valence electrons. The molecule has 1 fully saturated rings. The summed E-state index contributed by atoms with van der Waals surface area (Å²) < 4.78 is 10.9. The highest BCUT2D eigenvalue weighted by atomic mass is 16.5. The summed E-state index contributed by atoms with van der Waals surface area (Å²) in [6, 6.07) is 7.18. The van der Waals surface area contributed by atoms with E-state index in [9.17, 15) is 9.59 Å². The number of hydrogen-bond acceptors (Lipinski definition) is 4. The maximum absolute atomic E-state index is 11.6. The second kappa shape index (κ2) is 9.02. The van der Waals surface area contributed by atoms with Crippen molar-refractivity contribution in [1.29, 1.82) is 0 Å². The molecule has 1 aliphatic rings. The van der Waals surface area contributed by atoms with Gasteiger partial charge in [0.05, 0.1) is 6.61 Å². The van der Waals surface area contributed by atoms with Gasteiger partial charge in [-0.3, -0.25) is 9.59 Å². The molecule has 2 rings (SSSR count). The van der Waals surface area contributed by atoms with Crippen molar-refractivity contribution in [3.8, 4) is 11.5 Å². The molecule has 0 aliphatic heterocycles. The number of hydrogen-bond donors (Lipinski definition) is 2. The smallest absolute Gasteiger partial charge is 0.258 e. The predicted octanol–water partition coefficient (Wildman–Crippen LogP) is 1.50. The molecule has 6 nitrogen and oxygen atoms in total. The third-order valence-corrected chi connectivity index (χ3v) is 3.36. The summed E-state index contributed by atoms with van der Waals surface area (Å²) in [7, 11) is 0. The van der Waals surface area contributed by atoms with Crippen LogP contribution in [0.25, 0.3) is 0 Å². The summed E-state index contributed by atoms with van der Waals surface area (Å²) in [5.74, 6) is 1.47. The molecule has 0 radical (unpaired) electrons. The highest BCUT2D eigenvalue weighted by molar-refractivity contribution is 5.81. The Morgan fingerprint density at radius 2 is 1.65 bits per heavy atom. The van der Waals surface area contributed by atoms with Crippen LogP contribution in [0.4, 0.5) is 0 Å². The SMILES string of the molecule is CCCOc1ccc(OCC(=O)NCCNC(=O)C2CC2)cc1. The predicted molar refractivity (Wildman–Crippen MR) is 86.5 cm³/mol. The van der Waals surface area contributed by atoms with E-state index in [2.05, 4.69) is 10.6 Å². The van der Waals surface area contributed by atoms with Crippen molar-refractivity contribution in [3.63, 3.8) is 0 Å². The molecule has 0 heterocycles. The van der Waals surface area contributed by atoms with E-state index in [1.54, 1.807) is 12.1 Å². The highest BCUT2D eigenvalue weighted by Crippen LogP contribution is 2.28. The monoisotopic (exact) mass is 320 g/mol. The molecule has 0 aromatic heterocycles. The van der Waals surface area contributed by atoms with E-state index < -0.39 is 0 Å². The summed E-state index contributed by atoms with van der Waals surface area (Å²) >= 11 is 0. The fourth-order valence-corrected chi connectivity index (χ4v) is 1.93. The van der Waals surface area contributed by atoms with Gasteiger partial charge in [-0.1, -0.05) is 6.92 Å². The van der Waals surface area contributed by atoms with Crippen LogP contribution >= 0.6 is 0 Å². The Morgan fingerprint density at radius 1 is 1.04 bits per heavy atom. The van der Waals surface area contributed by atoms with Crippen LogP contribution in [0, 0.1) is 5.92 Å². The first-order valence-electron chi connectivity index (χ1n) is 8.09. The van der Waals surface area contributed by atoms with Gasteiger partial charge in [0, 0.05) is 19.0 Å². The molecule has 1 aliphatic carbocycles.